The summed E-state index contributed by atoms with van der Waals surface area (Å²) in [6, 6.07) is 8.68. The van der Waals surface area contributed by atoms with Crippen LogP contribution < -0.4 is 5.73 Å². The lowest BCUT2D eigenvalue weighted by Gasteiger charge is -2.23. The van der Waals surface area contributed by atoms with Crippen LogP contribution in [-0.4, -0.2) is 11.6 Å². The van der Waals surface area contributed by atoms with Gasteiger partial charge in [0.2, 0.25) is 0 Å². The number of rotatable bonds is 3. The van der Waals surface area contributed by atoms with Crippen molar-refractivity contribution in [2.45, 2.75) is 19.4 Å². The molecular formula is C11H13NO2. The van der Waals surface area contributed by atoms with E-state index in [4.69, 9.17) is 5.73 Å². The zero-order valence-corrected chi connectivity index (χ0v) is 8.28. The van der Waals surface area contributed by atoms with Crippen molar-refractivity contribution in [1.29, 1.82) is 0 Å². The van der Waals surface area contributed by atoms with Crippen LogP contribution in [0.5, 0.6) is 0 Å². The molecule has 1 rings (SSSR count). The number of benzene rings is 1. The fourth-order valence-corrected chi connectivity index (χ4v) is 1.36. The maximum Gasteiger partial charge on any atom is 0.161 e. The molecular weight excluding hydrogens is 178 g/mol. The number of hydrogen-bond donors (Lipinski definition) is 1. The van der Waals surface area contributed by atoms with Gasteiger partial charge in [-0.2, -0.15) is 0 Å². The van der Waals surface area contributed by atoms with Crippen LogP contribution >= 0.6 is 0 Å². The summed E-state index contributed by atoms with van der Waals surface area (Å²) < 4.78 is 0. The number of hydrogen-bond acceptors (Lipinski definition) is 3. The number of Topliss-reactive ketones (excluding diaryl/α,β-unsaturated/α-hetero) is 2. The molecule has 0 fully saturated rings. The number of nitrogens with two attached hydrogens (primary N) is 1. The lowest BCUT2D eigenvalue weighted by atomic mass is 9.84. The van der Waals surface area contributed by atoms with Crippen molar-refractivity contribution in [3.05, 3.63) is 35.9 Å². The summed E-state index contributed by atoms with van der Waals surface area (Å²) in [6.45, 7) is 2.66. The Hall–Kier alpha value is -1.48. The maximum absolute atomic E-state index is 11.4. The first-order valence-electron chi connectivity index (χ1n) is 4.36. The third kappa shape index (κ3) is 1.59. The molecule has 0 spiro atoms. The minimum absolute atomic E-state index is 0.337. The summed E-state index contributed by atoms with van der Waals surface area (Å²) in [6.07, 6.45) is 0. The van der Waals surface area contributed by atoms with Gasteiger partial charge in [-0.3, -0.25) is 9.59 Å². The van der Waals surface area contributed by atoms with E-state index in [1.54, 1.807) is 24.3 Å². The number of carbonyl (C=O) groups is 2. The minimum atomic E-state index is -1.48. The molecule has 0 bridgehead atoms. The van der Waals surface area contributed by atoms with E-state index in [1.165, 1.54) is 13.8 Å². The van der Waals surface area contributed by atoms with Gasteiger partial charge < -0.3 is 5.73 Å². The van der Waals surface area contributed by atoms with Crippen LogP contribution in [0.2, 0.25) is 0 Å². The molecule has 0 saturated carbocycles. The van der Waals surface area contributed by atoms with Crippen molar-refractivity contribution in [1.82, 2.24) is 0 Å². The molecule has 0 aromatic heterocycles. The Balaban J connectivity index is 3.27. The van der Waals surface area contributed by atoms with Gasteiger partial charge in [0.05, 0.1) is 0 Å². The zero-order valence-electron chi connectivity index (χ0n) is 8.28. The normalized spacial score (nSPS) is 11.1. The zero-order chi connectivity index (χ0) is 10.8. The average Bonchev–Trinajstić information content (AvgIpc) is 2.17. The standard InChI is InChI=1S/C11H13NO2/c1-8(13)11(12,9(2)14)10-6-4-3-5-7-10/h3-7H,12H2,1-2H3. The van der Waals surface area contributed by atoms with E-state index in [0.717, 1.165) is 0 Å². The number of carbonyl (C=O) groups excluding carboxylic acids is 2. The van der Waals surface area contributed by atoms with Gasteiger partial charge in [0, 0.05) is 0 Å². The van der Waals surface area contributed by atoms with E-state index in [9.17, 15) is 9.59 Å². The third-order valence-corrected chi connectivity index (χ3v) is 2.34. The van der Waals surface area contributed by atoms with Gasteiger partial charge in [0.25, 0.3) is 0 Å². The minimum Gasteiger partial charge on any atom is -0.309 e. The highest BCUT2D eigenvalue weighted by Crippen LogP contribution is 2.20. The SMILES string of the molecule is CC(=O)C(N)(C(C)=O)c1ccccc1. The Morgan fingerprint density at radius 1 is 1.07 bits per heavy atom. The van der Waals surface area contributed by atoms with Crippen molar-refractivity contribution in [3.63, 3.8) is 0 Å². The van der Waals surface area contributed by atoms with Crippen LogP contribution in [0.25, 0.3) is 0 Å². The number of ketones is 2. The monoisotopic (exact) mass is 191 g/mol. The molecule has 14 heavy (non-hydrogen) atoms. The molecule has 0 heterocycles. The van der Waals surface area contributed by atoms with Crippen molar-refractivity contribution in [3.8, 4) is 0 Å². The van der Waals surface area contributed by atoms with E-state index in [-0.39, 0.29) is 11.6 Å². The smallest absolute Gasteiger partial charge is 0.161 e. The Bertz CT molecular complexity index is 343. The van der Waals surface area contributed by atoms with Crippen LogP contribution in [0.15, 0.2) is 30.3 Å². The molecule has 3 nitrogen and oxygen atoms in total. The molecule has 0 radical (unpaired) electrons. The van der Waals surface area contributed by atoms with Gasteiger partial charge in [0.15, 0.2) is 17.1 Å². The van der Waals surface area contributed by atoms with Gasteiger partial charge in [-0.15, -0.1) is 0 Å². The molecule has 0 aliphatic rings. The molecule has 2 N–H and O–H groups in total. The predicted molar refractivity (Wildman–Crippen MR) is 53.7 cm³/mol. The second kappa shape index (κ2) is 3.72. The summed E-state index contributed by atoms with van der Waals surface area (Å²) >= 11 is 0. The van der Waals surface area contributed by atoms with Crippen LogP contribution in [0.1, 0.15) is 19.4 Å². The van der Waals surface area contributed by atoms with E-state index in [1.807, 2.05) is 6.07 Å². The first-order chi connectivity index (χ1) is 6.49. The molecule has 1 aromatic carbocycles. The Morgan fingerprint density at radius 3 is 1.86 bits per heavy atom. The first kappa shape index (κ1) is 10.6. The van der Waals surface area contributed by atoms with E-state index in [0.29, 0.717) is 5.56 Å². The largest absolute Gasteiger partial charge is 0.309 e. The summed E-state index contributed by atoms with van der Waals surface area (Å²) in [4.78, 5) is 22.7. The Labute approximate surface area is 82.9 Å². The molecule has 1 aromatic rings. The highest BCUT2D eigenvalue weighted by Gasteiger charge is 2.37. The molecule has 74 valence electrons. The van der Waals surface area contributed by atoms with Crippen molar-refractivity contribution < 1.29 is 9.59 Å². The molecule has 0 aliphatic heterocycles. The highest BCUT2D eigenvalue weighted by molar-refractivity contribution is 6.10. The Morgan fingerprint density at radius 2 is 1.50 bits per heavy atom. The second-order valence-electron chi connectivity index (χ2n) is 3.29. The van der Waals surface area contributed by atoms with Crippen molar-refractivity contribution >= 4 is 11.6 Å². The van der Waals surface area contributed by atoms with Crippen LogP contribution in [0, 0.1) is 0 Å². The van der Waals surface area contributed by atoms with Crippen LogP contribution in [-0.2, 0) is 15.1 Å². The fraction of sp³-hybridized carbons (Fsp3) is 0.273. The molecule has 0 saturated heterocycles. The van der Waals surface area contributed by atoms with E-state index >= 15 is 0 Å². The lowest BCUT2D eigenvalue weighted by Crippen LogP contribution is -2.49. The average molecular weight is 191 g/mol. The quantitative estimate of drug-likeness (QED) is 0.725. The second-order valence-corrected chi connectivity index (χ2v) is 3.29. The van der Waals surface area contributed by atoms with Crippen molar-refractivity contribution in [2.75, 3.05) is 0 Å². The highest BCUT2D eigenvalue weighted by atomic mass is 16.2. The Kier molecular flexibility index (Phi) is 2.81. The summed E-state index contributed by atoms with van der Waals surface area (Å²) in [7, 11) is 0. The predicted octanol–water partition coefficient (Wildman–Crippen LogP) is 1.02. The van der Waals surface area contributed by atoms with Gasteiger partial charge in [-0.25, -0.2) is 0 Å². The van der Waals surface area contributed by atoms with Gasteiger partial charge in [-0.1, -0.05) is 30.3 Å². The molecule has 0 atom stereocenters. The third-order valence-electron chi connectivity index (χ3n) is 2.34. The summed E-state index contributed by atoms with van der Waals surface area (Å²) in [5, 5.41) is 0. The van der Waals surface area contributed by atoms with E-state index < -0.39 is 5.54 Å². The van der Waals surface area contributed by atoms with E-state index in [2.05, 4.69) is 0 Å². The summed E-state index contributed by atoms with van der Waals surface area (Å²) in [5.41, 5.74) is 4.86. The van der Waals surface area contributed by atoms with Gasteiger partial charge in [0.1, 0.15) is 0 Å². The molecule has 0 aliphatic carbocycles. The van der Waals surface area contributed by atoms with Gasteiger partial charge in [-0.05, 0) is 19.4 Å². The summed E-state index contributed by atoms with van der Waals surface area (Å²) in [5.74, 6) is -0.674. The van der Waals surface area contributed by atoms with Gasteiger partial charge >= 0.3 is 0 Å². The molecule has 3 heteroatoms. The molecule has 0 unspecified atom stereocenters. The van der Waals surface area contributed by atoms with Crippen LogP contribution in [0.4, 0.5) is 0 Å². The fourth-order valence-electron chi connectivity index (χ4n) is 1.36. The molecule has 0 amide bonds. The van der Waals surface area contributed by atoms with Crippen molar-refractivity contribution in [2.24, 2.45) is 5.73 Å². The first-order valence-corrected chi connectivity index (χ1v) is 4.36. The maximum atomic E-state index is 11.4. The van der Waals surface area contributed by atoms with Crippen LogP contribution in [0.3, 0.4) is 0 Å². The topological polar surface area (TPSA) is 60.2 Å². The lowest BCUT2D eigenvalue weighted by molar-refractivity contribution is -0.132.